The molecule has 6 rings (SSSR count). The monoisotopic (exact) mass is 709 g/mol. The van der Waals surface area contributed by atoms with Crippen molar-refractivity contribution in [2.24, 2.45) is 0 Å². The van der Waals surface area contributed by atoms with Crippen LogP contribution in [0.2, 0.25) is 18.1 Å². The van der Waals surface area contributed by atoms with Crippen molar-refractivity contribution in [3.8, 4) is 17.0 Å². The molecule has 11 heteroatoms. The molecule has 51 heavy (non-hydrogen) atoms. The number of nitrogens with zero attached hydrogens (tertiary/aromatic N) is 4. The molecule has 0 bridgehead atoms. The standard InChI is InChI=1S/C40H45F2N5O3Si/c1-8-27-25-47(24-26-12-15-29(49-5)16-13-26)39(48)37-34(22-33(45-38(27)37)36-31(41)10-9-11-32(36)42)44-35-17-14-28(23-43-35)46-20-18-30(19-21-46)50-51(6,7)40(2,3)4/h8-17,22-23,25,30H,1,18-21,24H2,2-7H3,(H,43,44,45). The molecule has 1 saturated heterocycles. The average Bonchev–Trinajstić information content (AvgIpc) is 3.09. The van der Waals surface area contributed by atoms with Crippen molar-refractivity contribution in [2.45, 2.75) is 64.4 Å². The van der Waals surface area contributed by atoms with Crippen LogP contribution >= 0.6 is 0 Å². The maximum absolute atomic E-state index is 15.1. The smallest absolute Gasteiger partial charge is 0.262 e. The molecule has 3 aromatic heterocycles. The summed E-state index contributed by atoms with van der Waals surface area (Å²) in [5, 5.41) is 3.69. The van der Waals surface area contributed by atoms with Crippen LogP contribution in [0.1, 0.15) is 44.7 Å². The number of methoxy groups -OCH3 is 1. The van der Waals surface area contributed by atoms with Gasteiger partial charge < -0.3 is 23.9 Å². The third kappa shape index (κ3) is 7.59. The van der Waals surface area contributed by atoms with Crippen LogP contribution in [0, 0.1) is 11.6 Å². The minimum Gasteiger partial charge on any atom is -0.497 e. The largest absolute Gasteiger partial charge is 0.497 e. The van der Waals surface area contributed by atoms with Crippen molar-refractivity contribution in [3.05, 3.63) is 113 Å². The maximum Gasteiger partial charge on any atom is 0.262 e. The zero-order chi connectivity index (χ0) is 36.5. The molecule has 4 heterocycles. The molecular formula is C40H45F2N5O3Si. The molecular weight excluding hydrogens is 665 g/mol. The van der Waals surface area contributed by atoms with Crippen LogP contribution in [0.3, 0.4) is 0 Å². The Bertz CT molecular complexity index is 2080. The lowest BCUT2D eigenvalue weighted by Crippen LogP contribution is -2.47. The predicted molar refractivity (Wildman–Crippen MR) is 205 cm³/mol. The van der Waals surface area contributed by atoms with E-state index in [1.165, 1.54) is 24.3 Å². The number of benzene rings is 2. The number of halogens is 2. The third-order valence-electron chi connectivity index (χ3n) is 10.1. The number of hydrogen-bond acceptors (Lipinski definition) is 7. The van der Waals surface area contributed by atoms with E-state index in [-0.39, 0.29) is 45.4 Å². The zero-order valence-electron chi connectivity index (χ0n) is 30.1. The van der Waals surface area contributed by atoms with Gasteiger partial charge in [-0.2, -0.15) is 0 Å². The van der Waals surface area contributed by atoms with Gasteiger partial charge in [0, 0.05) is 31.0 Å². The fraction of sp³-hybridized carbons (Fsp3) is 0.325. The molecule has 266 valence electrons. The first-order valence-electron chi connectivity index (χ1n) is 17.2. The Morgan fingerprint density at radius 2 is 1.73 bits per heavy atom. The second-order valence-corrected chi connectivity index (χ2v) is 19.3. The van der Waals surface area contributed by atoms with Crippen molar-refractivity contribution in [2.75, 3.05) is 30.4 Å². The number of pyridine rings is 3. The van der Waals surface area contributed by atoms with Crippen LogP contribution in [-0.4, -0.2) is 49.2 Å². The highest BCUT2D eigenvalue weighted by Gasteiger charge is 2.39. The molecule has 0 radical (unpaired) electrons. The molecule has 0 aliphatic carbocycles. The highest BCUT2D eigenvalue weighted by molar-refractivity contribution is 6.74. The Hall–Kier alpha value is -4.87. The Morgan fingerprint density at radius 1 is 1.04 bits per heavy atom. The summed E-state index contributed by atoms with van der Waals surface area (Å²) in [6.07, 6.45) is 7.18. The van der Waals surface area contributed by atoms with E-state index >= 15 is 8.78 Å². The van der Waals surface area contributed by atoms with Gasteiger partial charge in [0.1, 0.15) is 23.2 Å². The molecule has 0 atom stereocenters. The summed E-state index contributed by atoms with van der Waals surface area (Å²) in [6.45, 7) is 17.3. The lowest BCUT2D eigenvalue weighted by Gasteiger charge is -2.42. The topological polar surface area (TPSA) is 81.5 Å². The molecule has 8 nitrogen and oxygen atoms in total. The highest BCUT2D eigenvalue weighted by atomic mass is 28.4. The van der Waals surface area contributed by atoms with E-state index in [0.29, 0.717) is 22.8 Å². The lowest BCUT2D eigenvalue weighted by molar-refractivity contribution is 0.152. The van der Waals surface area contributed by atoms with Gasteiger partial charge in [0.05, 0.1) is 53.4 Å². The first-order chi connectivity index (χ1) is 24.3. The minimum absolute atomic E-state index is 0.0374. The van der Waals surface area contributed by atoms with E-state index in [1.54, 1.807) is 30.1 Å². The summed E-state index contributed by atoms with van der Waals surface area (Å²) in [7, 11) is -0.250. The number of aromatic nitrogens is 3. The molecule has 1 aliphatic heterocycles. The van der Waals surface area contributed by atoms with Gasteiger partial charge >= 0.3 is 0 Å². The zero-order valence-corrected chi connectivity index (χ0v) is 31.1. The normalized spacial score (nSPS) is 14.2. The molecule has 1 fully saturated rings. The minimum atomic E-state index is -1.85. The molecule has 0 saturated carbocycles. The predicted octanol–water partition coefficient (Wildman–Crippen LogP) is 9.17. The average molecular weight is 710 g/mol. The van der Waals surface area contributed by atoms with Crippen LogP contribution in [0.25, 0.3) is 28.2 Å². The summed E-state index contributed by atoms with van der Waals surface area (Å²) < 4.78 is 43.7. The molecule has 0 spiro atoms. The van der Waals surface area contributed by atoms with E-state index in [1.807, 2.05) is 36.4 Å². The molecule has 1 aliphatic rings. The van der Waals surface area contributed by atoms with Gasteiger partial charge in [-0.15, -0.1) is 0 Å². The summed E-state index contributed by atoms with van der Waals surface area (Å²) in [4.78, 5) is 25.8. The van der Waals surface area contributed by atoms with Crippen LogP contribution in [0.5, 0.6) is 5.75 Å². The SMILES string of the molecule is C=Cc1cn(Cc2ccc(OC)cc2)c(=O)c2c(Nc3ccc(N4CCC(O[Si](C)(C)C(C)(C)C)CC4)cn3)cc(-c3c(F)cccc3F)nc12. The molecule has 5 aromatic rings. The fourth-order valence-corrected chi connectivity index (χ4v) is 7.60. The van der Waals surface area contributed by atoms with Crippen molar-refractivity contribution in [1.29, 1.82) is 0 Å². The number of rotatable bonds is 10. The Kier molecular flexibility index (Phi) is 10.1. The van der Waals surface area contributed by atoms with E-state index in [4.69, 9.17) is 14.1 Å². The highest BCUT2D eigenvalue weighted by Crippen LogP contribution is 2.39. The van der Waals surface area contributed by atoms with Gasteiger partial charge in [0.25, 0.3) is 5.56 Å². The van der Waals surface area contributed by atoms with Gasteiger partial charge in [0.15, 0.2) is 8.32 Å². The Labute approximate surface area is 298 Å². The number of anilines is 3. The summed E-state index contributed by atoms with van der Waals surface area (Å²) in [6, 6.07) is 16.4. The number of hydrogen-bond donors (Lipinski definition) is 1. The number of nitrogens with one attached hydrogen (secondary N) is 1. The Balaban J connectivity index is 1.34. The van der Waals surface area contributed by atoms with Gasteiger partial charge in [-0.25, -0.2) is 18.7 Å². The van der Waals surface area contributed by atoms with E-state index in [9.17, 15) is 4.79 Å². The van der Waals surface area contributed by atoms with Crippen molar-refractivity contribution in [1.82, 2.24) is 14.5 Å². The Morgan fingerprint density at radius 3 is 2.31 bits per heavy atom. The van der Waals surface area contributed by atoms with Crippen LogP contribution < -0.4 is 20.5 Å². The summed E-state index contributed by atoms with van der Waals surface area (Å²) in [5.74, 6) is -0.352. The second-order valence-electron chi connectivity index (χ2n) is 14.5. The quantitative estimate of drug-likeness (QED) is 0.145. The first kappa shape index (κ1) is 35.9. The van der Waals surface area contributed by atoms with Crippen molar-refractivity contribution < 1.29 is 17.9 Å². The fourth-order valence-electron chi connectivity index (χ4n) is 6.18. The van der Waals surface area contributed by atoms with Crippen molar-refractivity contribution in [3.63, 3.8) is 0 Å². The second kappa shape index (κ2) is 14.4. The summed E-state index contributed by atoms with van der Waals surface area (Å²) in [5.41, 5.74) is 2.40. The third-order valence-corrected chi connectivity index (χ3v) is 14.6. The molecule has 0 unspecified atom stereocenters. The van der Waals surface area contributed by atoms with Crippen molar-refractivity contribution >= 4 is 42.5 Å². The molecule has 0 amide bonds. The van der Waals surface area contributed by atoms with E-state index < -0.39 is 20.0 Å². The lowest BCUT2D eigenvalue weighted by atomic mass is 10.0. The maximum atomic E-state index is 15.1. The van der Waals surface area contributed by atoms with Crippen LogP contribution in [0.4, 0.5) is 26.0 Å². The van der Waals surface area contributed by atoms with Crippen LogP contribution in [-0.2, 0) is 11.0 Å². The molecule has 2 aromatic carbocycles. The number of piperidine rings is 1. The first-order valence-corrected chi connectivity index (χ1v) is 20.1. The number of ether oxygens (including phenoxy) is 1. The van der Waals surface area contributed by atoms with Gasteiger partial charge in [0.2, 0.25) is 0 Å². The molecule has 1 N–H and O–H groups in total. The number of fused-ring (bicyclic) bond motifs is 1. The van der Waals surface area contributed by atoms with Gasteiger partial charge in [-0.1, -0.05) is 51.6 Å². The van der Waals surface area contributed by atoms with Gasteiger partial charge in [-0.3, -0.25) is 4.79 Å². The van der Waals surface area contributed by atoms with Gasteiger partial charge in [-0.05, 0) is 79.0 Å². The summed E-state index contributed by atoms with van der Waals surface area (Å²) >= 11 is 0. The van der Waals surface area contributed by atoms with Crippen LogP contribution in [0.15, 0.2) is 84.4 Å². The van der Waals surface area contributed by atoms with E-state index in [2.05, 4.69) is 55.6 Å². The van der Waals surface area contributed by atoms with E-state index in [0.717, 1.165) is 37.2 Å².